The first-order chi connectivity index (χ1) is 11.3. The second kappa shape index (κ2) is 9.58. The van der Waals surface area contributed by atoms with E-state index in [-0.39, 0.29) is 0 Å². The zero-order valence-corrected chi connectivity index (χ0v) is 14.0. The summed E-state index contributed by atoms with van der Waals surface area (Å²) in [5.74, 6) is 0.856. The summed E-state index contributed by atoms with van der Waals surface area (Å²) in [5, 5.41) is 7.55. The van der Waals surface area contributed by atoms with E-state index in [0.717, 1.165) is 24.3 Å². The van der Waals surface area contributed by atoms with Gasteiger partial charge >= 0.3 is 0 Å². The summed E-state index contributed by atoms with van der Waals surface area (Å²) in [6, 6.07) is 18.1. The van der Waals surface area contributed by atoms with Crippen molar-refractivity contribution < 1.29 is 4.74 Å². The molecule has 0 saturated heterocycles. The summed E-state index contributed by atoms with van der Waals surface area (Å²) in [7, 11) is 0. The van der Waals surface area contributed by atoms with Gasteiger partial charge in [-0.2, -0.15) is 5.10 Å². The van der Waals surface area contributed by atoms with Gasteiger partial charge in [-0.05, 0) is 54.5 Å². The number of ether oxygens (including phenoxy) is 1. The van der Waals surface area contributed by atoms with Crippen LogP contribution in [0, 0.1) is 0 Å². The molecule has 4 nitrogen and oxygen atoms in total. The van der Waals surface area contributed by atoms with Gasteiger partial charge in [0.25, 0.3) is 0 Å². The molecule has 2 N–H and O–H groups in total. The van der Waals surface area contributed by atoms with E-state index < -0.39 is 0 Å². The van der Waals surface area contributed by atoms with E-state index >= 15 is 0 Å². The molecule has 5 heteroatoms. The average Bonchev–Trinajstić information content (AvgIpc) is 2.57. The molecule has 0 fully saturated rings. The Hall–Kier alpha value is -2.40. The van der Waals surface area contributed by atoms with Gasteiger partial charge in [-0.3, -0.25) is 5.43 Å². The van der Waals surface area contributed by atoms with Gasteiger partial charge < -0.3 is 10.1 Å². The largest absolute Gasteiger partial charge is 0.493 e. The second-order valence-corrected chi connectivity index (χ2v) is 5.29. The summed E-state index contributed by atoms with van der Waals surface area (Å²) in [6.07, 6.45) is 2.62. The van der Waals surface area contributed by atoms with Crippen LogP contribution in [0.4, 0.5) is 0 Å². The number of nitrogens with zero attached hydrogens (tertiary/aromatic N) is 1. The standard InChI is InChI=1S/C18H21N3OS/c1-2-19-18(23)21-20-14-16-8-10-17(11-9-16)22-13-12-15-6-4-3-5-7-15/h3-11,14H,2,12-13H2,1H3,(H2,19,21,23)/b20-14-. The lowest BCUT2D eigenvalue weighted by Gasteiger charge is -2.06. The van der Waals surface area contributed by atoms with E-state index in [2.05, 4.69) is 28.0 Å². The van der Waals surface area contributed by atoms with Crippen LogP contribution in [-0.4, -0.2) is 24.5 Å². The summed E-state index contributed by atoms with van der Waals surface area (Å²) in [4.78, 5) is 0. The zero-order chi connectivity index (χ0) is 16.3. The van der Waals surface area contributed by atoms with E-state index in [4.69, 9.17) is 17.0 Å². The fourth-order valence-electron chi connectivity index (χ4n) is 1.95. The van der Waals surface area contributed by atoms with Crippen molar-refractivity contribution in [3.05, 3.63) is 65.7 Å². The summed E-state index contributed by atoms with van der Waals surface area (Å²) >= 11 is 5.02. The van der Waals surface area contributed by atoms with Crippen LogP contribution < -0.4 is 15.5 Å². The fraction of sp³-hybridized carbons (Fsp3) is 0.222. The summed E-state index contributed by atoms with van der Waals surface area (Å²) < 4.78 is 5.75. The first kappa shape index (κ1) is 17.0. The molecule has 0 aliphatic rings. The molecule has 0 aromatic heterocycles. The normalized spacial score (nSPS) is 10.5. The van der Waals surface area contributed by atoms with Crippen LogP contribution in [0.5, 0.6) is 5.75 Å². The van der Waals surface area contributed by atoms with Crippen LogP contribution in [0.2, 0.25) is 0 Å². The molecule has 2 aromatic rings. The van der Waals surface area contributed by atoms with Crippen molar-refractivity contribution in [3.8, 4) is 5.75 Å². The van der Waals surface area contributed by atoms with Gasteiger partial charge in [0, 0.05) is 13.0 Å². The minimum absolute atomic E-state index is 0.518. The summed E-state index contributed by atoms with van der Waals surface area (Å²) in [6.45, 7) is 3.42. The SMILES string of the molecule is CCNC(=S)N/N=C\c1ccc(OCCc2ccccc2)cc1. The average molecular weight is 327 g/mol. The van der Waals surface area contributed by atoms with Crippen molar-refractivity contribution in [2.75, 3.05) is 13.2 Å². The van der Waals surface area contributed by atoms with Crippen LogP contribution in [0.3, 0.4) is 0 Å². The number of nitrogens with one attached hydrogen (secondary N) is 2. The Kier molecular flexibility index (Phi) is 7.07. The van der Waals surface area contributed by atoms with Gasteiger partial charge in [0.1, 0.15) is 5.75 Å². The quantitative estimate of drug-likeness (QED) is 0.466. The number of hydrogen-bond donors (Lipinski definition) is 2. The molecular weight excluding hydrogens is 306 g/mol. The molecule has 0 aliphatic heterocycles. The maximum absolute atomic E-state index is 5.75. The van der Waals surface area contributed by atoms with Gasteiger partial charge in [0.2, 0.25) is 0 Å². The van der Waals surface area contributed by atoms with Crippen LogP contribution in [0.15, 0.2) is 59.7 Å². The molecule has 0 amide bonds. The molecule has 0 unspecified atom stereocenters. The second-order valence-electron chi connectivity index (χ2n) is 4.88. The molecule has 0 aliphatic carbocycles. The van der Waals surface area contributed by atoms with Crippen molar-refractivity contribution in [1.82, 2.24) is 10.7 Å². The molecule has 2 aromatic carbocycles. The van der Waals surface area contributed by atoms with Crippen LogP contribution in [0.1, 0.15) is 18.1 Å². The minimum atomic E-state index is 0.518. The smallest absolute Gasteiger partial charge is 0.186 e. The summed E-state index contributed by atoms with van der Waals surface area (Å²) in [5.41, 5.74) is 5.01. The predicted molar refractivity (Wildman–Crippen MR) is 99.1 cm³/mol. The number of hydrazone groups is 1. The molecule has 2 rings (SSSR count). The molecule has 0 spiro atoms. The molecule has 23 heavy (non-hydrogen) atoms. The van der Waals surface area contributed by atoms with Crippen LogP contribution in [0.25, 0.3) is 0 Å². The molecule has 120 valence electrons. The Bertz CT molecular complexity index is 626. The lowest BCUT2D eigenvalue weighted by Crippen LogP contribution is -2.31. The lowest BCUT2D eigenvalue weighted by atomic mass is 10.2. The fourth-order valence-corrected chi connectivity index (χ4v) is 2.14. The molecule has 0 radical (unpaired) electrons. The number of hydrogen-bond acceptors (Lipinski definition) is 3. The Morgan fingerprint density at radius 2 is 1.87 bits per heavy atom. The van der Waals surface area contributed by atoms with Crippen molar-refractivity contribution in [1.29, 1.82) is 0 Å². The van der Waals surface area contributed by atoms with Gasteiger partial charge in [-0.25, -0.2) is 0 Å². The number of thiocarbonyl (C=S) groups is 1. The monoisotopic (exact) mass is 327 g/mol. The maximum Gasteiger partial charge on any atom is 0.186 e. The minimum Gasteiger partial charge on any atom is -0.493 e. The Labute approximate surface area is 142 Å². The Morgan fingerprint density at radius 3 is 2.57 bits per heavy atom. The Balaban J connectivity index is 1.75. The first-order valence-corrected chi connectivity index (χ1v) is 8.02. The predicted octanol–water partition coefficient (Wildman–Crippen LogP) is 3.13. The van der Waals surface area contributed by atoms with Crippen molar-refractivity contribution >= 4 is 23.5 Å². The van der Waals surface area contributed by atoms with E-state index in [1.165, 1.54) is 5.56 Å². The van der Waals surface area contributed by atoms with E-state index in [1.54, 1.807) is 6.21 Å². The van der Waals surface area contributed by atoms with E-state index in [9.17, 15) is 0 Å². The highest BCUT2D eigenvalue weighted by atomic mass is 32.1. The van der Waals surface area contributed by atoms with E-state index in [1.807, 2.05) is 49.4 Å². The van der Waals surface area contributed by atoms with Crippen molar-refractivity contribution in [2.24, 2.45) is 5.10 Å². The van der Waals surface area contributed by atoms with Gasteiger partial charge in [-0.1, -0.05) is 30.3 Å². The van der Waals surface area contributed by atoms with Gasteiger partial charge in [-0.15, -0.1) is 0 Å². The van der Waals surface area contributed by atoms with Gasteiger partial charge in [0.15, 0.2) is 5.11 Å². The van der Waals surface area contributed by atoms with Crippen LogP contribution in [-0.2, 0) is 6.42 Å². The maximum atomic E-state index is 5.75. The zero-order valence-electron chi connectivity index (χ0n) is 13.2. The number of benzene rings is 2. The highest BCUT2D eigenvalue weighted by Crippen LogP contribution is 2.11. The number of rotatable bonds is 7. The third kappa shape index (κ3) is 6.48. The molecular formula is C18H21N3OS. The Morgan fingerprint density at radius 1 is 1.13 bits per heavy atom. The first-order valence-electron chi connectivity index (χ1n) is 7.61. The topological polar surface area (TPSA) is 45.7 Å². The van der Waals surface area contributed by atoms with Crippen molar-refractivity contribution in [2.45, 2.75) is 13.3 Å². The molecule has 0 heterocycles. The third-order valence-electron chi connectivity index (χ3n) is 3.10. The van der Waals surface area contributed by atoms with Gasteiger partial charge in [0.05, 0.1) is 12.8 Å². The van der Waals surface area contributed by atoms with E-state index in [0.29, 0.717) is 11.7 Å². The molecule has 0 atom stereocenters. The highest BCUT2D eigenvalue weighted by molar-refractivity contribution is 7.80. The molecule has 0 saturated carbocycles. The van der Waals surface area contributed by atoms with Crippen molar-refractivity contribution in [3.63, 3.8) is 0 Å². The van der Waals surface area contributed by atoms with Crippen LogP contribution >= 0.6 is 12.2 Å². The third-order valence-corrected chi connectivity index (χ3v) is 3.34. The highest BCUT2D eigenvalue weighted by Gasteiger charge is 1.96. The lowest BCUT2D eigenvalue weighted by molar-refractivity contribution is 0.322. The molecule has 0 bridgehead atoms.